The Morgan fingerprint density at radius 2 is 2.13 bits per heavy atom. The lowest BCUT2D eigenvalue weighted by Crippen LogP contribution is -1.87. The molecule has 1 aromatic carbocycles. The van der Waals surface area contributed by atoms with Gasteiger partial charge in [0.1, 0.15) is 0 Å². The average Bonchev–Trinajstić information content (AvgIpc) is 2.70. The molecule has 0 aliphatic rings. The van der Waals surface area contributed by atoms with Gasteiger partial charge in [0.15, 0.2) is 0 Å². The van der Waals surface area contributed by atoms with Crippen LogP contribution < -0.4 is 0 Å². The summed E-state index contributed by atoms with van der Waals surface area (Å²) in [5.74, 6) is 0. The highest BCUT2D eigenvalue weighted by atomic mass is 35.5. The van der Waals surface area contributed by atoms with E-state index >= 15 is 0 Å². The Hall–Kier alpha value is -1.39. The summed E-state index contributed by atoms with van der Waals surface area (Å²) in [6.45, 7) is 0. The first-order chi connectivity index (χ1) is 7.18. The fourth-order valence-corrected chi connectivity index (χ4v) is 2.21. The van der Waals surface area contributed by atoms with Crippen LogP contribution in [0.1, 0.15) is 0 Å². The summed E-state index contributed by atoms with van der Waals surface area (Å²) < 4.78 is 0. The molecule has 0 radical (unpaired) electrons. The average molecular weight is 240 g/mol. The van der Waals surface area contributed by atoms with Crippen LogP contribution in [0.3, 0.4) is 0 Å². The number of benzene rings is 1. The summed E-state index contributed by atoms with van der Waals surface area (Å²) in [5, 5.41) is 14.8. The van der Waals surface area contributed by atoms with E-state index in [4.69, 9.17) is 11.6 Å². The molecule has 1 aromatic heterocycles. The van der Waals surface area contributed by atoms with Gasteiger partial charge in [-0.1, -0.05) is 11.6 Å². The van der Waals surface area contributed by atoms with E-state index in [1.165, 1.54) is 12.1 Å². The van der Waals surface area contributed by atoms with Crippen molar-refractivity contribution in [2.24, 2.45) is 0 Å². The number of nitrogens with zero attached hydrogens (tertiary/aromatic N) is 1. The first-order valence-corrected chi connectivity index (χ1v) is 5.47. The third-order valence-electron chi connectivity index (χ3n) is 2.00. The summed E-state index contributed by atoms with van der Waals surface area (Å²) >= 11 is 7.53. The molecule has 1 heterocycles. The third kappa shape index (κ3) is 2.00. The van der Waals surface area contributed by atoms with Gasteiger partial charge in [0.05, 0.1) is 9.95 Å². The summed E-state index contributed by atoms with van der Waals surface area (Å²) in [4.78, 5) is 10.0. The molecule has 2 aromatic rings. The molecule has 15 heavy (non-hydrogen) atoms. The molecular formula is C10H6ClNO2S. The topological polar surface area (TPSA) is 43.1 Å². The monoisotopic (exact) mass is 239 g/mol. The van der Waals surface area contributed by atoms with Gasteiger partial charge < -0.3 is 0 Å². The highest BCUT2D eigenvalue weighted by molar-refractivity contribution is 7.08. The van der Waals surface area contributed by atoms with Crippen molar-refractivity contribution in [3.63, 3.8) is 0 Å². The first kappa shape index (κ1) is 10.1. The van der Waals surface area contributed by atoms with Crippen LogP contribution in [0.4, 0.5) is 5.69 Å². The predicted molar refractivity (Wildman–Crippen MR) is 61.4 cm³/mol. The molecule has 0 saturated heterocycles. The Morgan fingerprint density at radius 1 is 1.33 bits per heavy atom. The molecule has 0 fully saturated rings. The first-order valence-electron chi connectivity index (χ1n) is 4.15. The quantitative estimate of drug-likeness (QED) is 0.588. The summed E-state index contributed by atoms with van der Waals surface area (Å²) in [6.07, 6.45) is 0. The molecule has 0 aliphatic carbocycles. The van der Waals surface area contributed by atoms with Crippen molar-refractivity contribution in [1.29, 1.82) is 0 Å². The molecule has 0 spiro atoms. The van der Waals surface area contributed by atoms with Gasteiger partial charge in [-0.15, -0.1) is 0 Å². The maximum absolute atomic E-state index is 10.5. The number of rotatable bonds is 2. The van der Waals surface area contributed by atoms with Crippen LogP contribution in [-0.4, -0.2) is 4.92 Å². The SMILES string of the molecule is O=[N+]([O-])c1ccc(-c2ccsc2)c(Cl)c1. The second-order valence-electron chi connectivity index (χ2n) is 2.93. The number of thiophene rings is 1. The smallest absolute Gasteiger partial charge is 0.258 e. The highest BCUT2D eigenvalue weighted by Gasteiger charge is 2.10. The van der Waals surface area contributed by atoms with Crippen molar-refractivity contribution < 1.29 is 4.92 Å². The predicted octanol–water partition coefficient (Wildman–Crippen LogP) is 3.98. The van der Waals surface area contributed by atoms with E-state index in [1.807, 2.05) is 16.8 Å². The minimum atomic E-state index is -0.455. The lowest BCUT2D eigenvalue weighted by molar-refractivity contribution is -0.384. The standard InChI is InChI=1S/C10H6ClNO2S/c11-10-5-8(12(13)14)1-2-9(10)7-3-4-15-6-7/h1-6H. The van der Waals surface area contributed by atoms with Crippen molar-refractivity contribution in [3.8, 4) is 11.1 Å². The van der Waals surface area contributed by atoms with E-state index < -0.39 is 4.92 Å². The summed E-state index contributed by atoms with van der Waals surface area (Å²) in [7, 11) is 0. The van der Waals surface area contributed by atoms with Gasteiger partial charge in [0.2, 0.25) is 0 Å². The molecule has 5 heteroatoms. The van der Waals surface area contributed by atoms with Crippen molar-refractivity contribution in [1.82, 2.24) is 0 Å². The Morgan fingerprint density at radius 3 is 2.67 bits per heavy atom. The van der Waals surface area contributed by atoms with E-state index in [1.54, 1.807) is 17.4 Å². The second-order valence-corrected chi connectivity index (χ2v) is 4.12. The summed E-state index contributed by atoms with van der Waals surface area (Å²) in [6, 6.07) is 6.42. The van der Waals surface area contributed by atoms with Crippen LogP contribution in [0.5, 0.6) is 0 Å². The number of nitro groups is 1. The Labute approximate surface area is 95.1 Å². The number of nitro benzene ring substituents is 1. The third-order valence-corrected chi connectivity index (χ3v) is 2.99. The Balaban J connectivity index is 2.48. The fourth-order valence-electron chi connectivity index (χ4n) is 1.27. The largest absolute Gasteiger partial charge is 0.270 e. The van der Waals surface area contributed by atoms with E-state index in [-0.39, 0.29) is 5.69 Å². The molecule has 0 atom stereocenters. The molecule has 3 nitrogen and oxygen atoms in total. The molecule has 0 bridgehead atoms. The zero-order valence-electron chi connectivity index (χ0n) is 7.51. The van der Waals surface area contributed by atoms with Crippen LogP contribution in [-0.2, 0) is 0 Å². The molecule has 2 rings (SSSR count). The van der Waals surface area contributed by atoms with Crippen molar-refractivity contribution in [2.75, 3.05) is 0 Å². The van der Waals surface area contributed by atoms with E-state index in [9.17, 15) is 10.1 Å². The zero-order valence-corrected chi connectivity index (χ0v) is 9.09. The number of halogens is 1. The van der Waals surface area contributed by atoms with Crippen LogP contribution >= 0.6 is 22.9 Å². The second kappa shape index (κ2) is 4.00. The fraction of sp³-hybridized carbons (Fsp3) is 0. The molecule has 0 amide bonds. The van der Waals surface area contributed by atoms with Crippen LogP contribution in [0.15, 0.2) is 35.0 Å². The van der Waals surface area contributed by atoms with Gasteiger partial charge in [-0.05, 0) is 28.5 Å². The zero-order chi connectivity index (χ0) is 10.8. The number of hydrogen-bond acceptors (Lipinski definition) is 3. The van der Waals surface area contributed by atoms with Crippen molar-refractivity contribution in [3.05, 3.63) is 50.2 Å². The van der Waals surface area contributed by atoms with Gasteiger partial charge in [0.25, 0.3) is 5.69 Å². The lowest BCUT2D eigenvalue weighted by Gasteiger charge is -2.00. The minimum Gasteiger partial charge on any atom is -0.258 e. The van der Waals surface area contributed by atoms with Gasteiger partial charge >= 0.3 is 0 Å². The van der Waals surface area contributed by atoms with Crippen LogP contribution in [0.25, 0.3) is 11.1 Å². The van der Waals surface area contributed by atoms with Crippen molar-refractivity contribution in [2.45, 2.75) is 0 Å². The summed E-state index contributed by atoms with van der Waals surface area (Å²) in [5.41, 5.74) is 1.82. The maximum Gasteiger partial charge on any atom is 0.270 e. The minimum absolute atomic E-state index is 0.0129. The van der Waals surface area contributed by atoms with Gasteiger partial charge in [-0.25, -0.2) is 0 Å². The molecule has 0 saturated carbocycles. The normalized spacial score (nSPS) is 10.2. The number of non-ortho nitro benzene ring substituents is 1. The maximum atomic E-state index is 10.5. The Kier molecular flexibility index (Phi) is 2.70. The van der Waals surface area contributed by atoms with Crippen LogP contribution in [0, 0.1) is 10.1 Å². The molecule has 0 unspecified atom stereocenters. The number of hydrogen-bond donors (Lipinski definition) is 0. The van der Waals surface area contributed by atoms with E-state index in [2.05, 4.69) is 0 Å². The lowest BCUT2D eigenvalue weighted by atomic mass is 10.1. The molecular weight excluding hydrogens is 234 g/mol. The van der Waals surface area contributed by atoms with Crippen molar-refractivity contribution >= 4 is 28.6 Å². The van der Waals surface area contributed by atoms with Gasteiger partial charge in [-0.3, -0.25) is 10.1 Å². The Bertz CT molecular complexity index is 496. The molecule has 0 aliphatic heterocycles. The molecule has 0 N–H and O–H groups in total. The molecule has 76 valence electrons. The highest BCUT2D eigenvalue weighted by Crippen LogP contribution is 2.32. The van der Waals surface area contributed by atoms with Crippen LogP contribution in [0.2, 0.25) is 5.02 Å². The van der Waals surface area contributed by atoms with Gasteiger partial charge in [0, 0.05) is 17.7 Å². The van der Waals surface area contributed by atoms with E-state index in [0.29, 0.717) is 5.02 Å². The van der Waals surface area contributed by atoms with Gasteiger partial charge in [-0.2, -0.15) is 11.3 Å². The van der Waals surface area contributed by atoms with E-state index in [0.717, 1.165) is 11.1 Å².